The molecule has 35 heavy (non-hydrogen) atoms. The molecule has 0 fully saturated rings. The van der Waals surface area contributed by atoms with Gasteiger partial charge in [-0.25, -0.2) is 13.8 Å². The standard InChI is InChI=1S/C26H13F2N5OS/c27-20-11-18(17-5-1-15(13-29)2-6-17)12-21(28)23(20)34-25-24-22(9-10-35-24)32-26(33-25)31-19-7-3-16(14-30)4-8-19/h1-12H,(H,31,32,33). The fraction of sp³-hybridized carbons (Fsp3) is 0. The van der Waals surface area contributed by atoms with Crippen molar-refractivity contribution in [3.8, 4) is 34.9 Å². The Morgan fingerprint density at radius 1 is 0.800 bits per heavy atom. The number of ether oxygens (including phenoxy) is 1. The molecule has 0 amide bonds. The molecule has 0 aliphatic rings. The Bertz CT molecular complexity index is 1610. The van der Waals surface area contributed by atoms with Gasteiger partial charge in [0.25, 0.3) is 0 Å². The topological polar surface area (TPSA) is 94.6 Å². The van der Waals surface area contributed by atoms with Gasteiger partial charge < -0.3 is 10.1 Å². The summed E-state index contributed by atoms with van der Waals surface area (Å²) in [6.45, 7) is 0. The predicted octanol–water partition coefficient (Wildman–Crippen LogP) is 6.92. The number of halogens is 2. The number of nitrogens with one attached hydrogen (secondary N) is 1. The molecule has 1 N–H and O–H groups in total. The van der Waals surface area contributed by atoms with Crippen LogP contribution in [0.4, 0.5) is 20.4 Å². The molecule has 9 heteroatoms. The second-order valence-electron chi connectivity index (χ2n) is 7.36. The van der Waals surface area contributed by atoms with E-state index in [-0.39, 0.29) is 11.8 Å². The van der Waals surface area contributed by atoms with Gasteiger partial charge in [-0.3, -0.25) is 0 Å². The third-order valence-electron chi connectivity index (χ3n) is 5.09. The first kappa shape index (κ1) is 22.0. The summed E-state index contributed by atoms with van der Waals surface area (Å²) in [6.07, 6.45) is 0. The summed E-state index contributed by atoms with van der Waals surface area (Å²) in [5.74, 6) is -2.20. The molecular weight excluding hydrogens is 468 g/mol. The molecule has 3 aromatic carbocycles. The van der Waals surface area contributed by atoms with Crippen molar-refractivity contribution in [2.75, 3.05) is 5.32 Å². The number of rotatable bonds is 5. The van der Waals surface area contributed by atoms with E-state index in [4.69, 9.17) is 15.3 Å². The Kier molecular flexibility index (Phi) is 5.76. The van der Waals surface area contributed by atoms with Gasteiger partial charge in [0.1, 0.15) is 4.70 Å². The molecule has 0 bridgehead atoms. The van der Waals surface area contributed by atoms with Crippen molar-refractivity contribution < 1.29 is 13.5 Å². The molecule has 0 aliphatic heterocycles. The fourth-order valence-electron chi connectivity index (χ4n) is 3.38. The first-order chi connectivity index (χ1) is 17.0. The average Bonchev–Trinajstić information content (AvgIpc) is 3.35. The summed E-state index contributed by atoms with van der Waals surface area (Å²) in [4.78, 5) is 8.75. The van der Waals surface area contributed by atoms with Crippen LogP contribution in [0.2, 0.25) is 0 Å². The van der Waals surface area contributed by atoms with E-state index in [1.165, 1.54) is 23.5 Å². The van der Waals surface area contributed by atoms with Gasteiger partial charge in [-0.15, -0.1) is 11.3 Å². The molecule has 0 saturated heterocycles. The molecule has 0 spiro atoms. The average molecular weight is 481 g/mol. The maximum Gasteiger partial charge on any atom is 0.242 e. The highest BCUT2D eigenvalue weighted by molar-refractivity contribution is 7.17. The summed E-state index contributed by atoms with van der Waals surface area (Å²) < 4.78 is 36.1. The lowest BCUT2D eigenvalue weighted by Crippen LogP contribution is -2.01. The van der Waals surface area contributed by atoms with E-state index in [1.54, 1.807) is 60.0 Å². The highest BCUT2D eigenvalue weighted by Gasteiger charge is 2.19. The van der Waals surface area contributed by atoms with Gasteiger partial charge in [-0.1, -0.05) is 12.1 Å². The van der Waals surface area contributed by atoms with Crippen LogP contribution in [0, 0.1) is 34.3 Å². The van der Waals surface area contributed by atoms with Crippen LogP contribution < -0.4 is 10.1 Å². The normalized spacial score (nSPS) is 10.5. The lowest BCUT2D eigenvalue weighted by molar-refractivity contribution is 0.400. The molecule has 5 rings (SSSR count). The van der Waals surface area contributed by atoms with Gasteiger partial charge in [0.2, 0.25) is 17.6 Å². The van der Waals surface area contributed by atoms with Crippen LogP contribution in [0.5, 0.6) is 11.6 Å². The quantitative estimate of drug-likeness (QED) is 0.293. The SMILES string of the molecule is N#Cc1ccc(Nc2nc(Oc3c(F)cc(-c4ccc(C#N)cc4)cc3F)c3sccc3n2)cc1. The third kappa shape index (κ3) is 4.49. The predicted molar refractivity (Wildman–Crippen MR) is 128 cm³/mol. The van der Waals surface area contributed by atoms with Crippen LogP contribution >= 0.6 is 11.3 Å². The van der Waals surface area contributed by atoms with Gasteiger partial charge in [0, 0.05) is 5.69 Å². The lowest BCUT2D eigenvalue weighted by Gasteiger charge is -2.12. The van der Waals surface area contributed by atoms with Gasteiger partial charge in [-0.05, 0) is 71.1 Å². The molecule has 2 aromatic heterocycles. The number of aromatic nitrogens is 2. The summed E-state index contributed by atoms with van der Waals surface area (Å²) in [5.41, 5.74) is 3.00. The van der Waals surface area contributed by atoms with E-state index in [0.29, 0.717) is 38.2 Å². The van der Waals surface area contributed by atoms with E-state index in [2.05, 4.69) is 15.3 Å². The number of anilines is 2. The van der Waals surface area contributed by atoms with Gasteiger partial charge in [-0.2, -0.15) is 15.5 Å². The Morgan fingerprint density at radius 3 is 2.06 bits per heavy atom. The molecule has 0 atom stereocenters. The Labute approximate surface area is 202 Å². The van der Waals surface area contributed by atoms with Crippen LogP contribution in [0.1, 0.15) is 11.1 Å². The first-order valence-corrected chi connectivity index (χ1v) is 11.1. The third-order valence-corrected chi connectivity index (χ3v) is 5.98. The molecule has 168 valence electrons. The molecule has 0 aliphatic carbocycles. The molecule has 5 aromatic rings. The van der Waals surface area contributed by atoms with Gasteiger partial charge in [0.05, 0.1) is 28.8 Å². The van der Waals surface area contributed by atoms with E-state index < -0.39 is 17.4 Å². The van der Waals surface area contributed by atoms with Crippen molar-refractivity contribution in [1.82, 2.24) is 9.97 Å². The van der Waals surface area contributed by atoms with Gasteiger partial charge >= 0.3 is 0 Å². The molecule has 2 heterocycles. The van der Waals surface area contributed by atoms with Crippen LogP contribution in [0.3, 0.4) is 0 Å². The van der Waals surface area contributed by atoms with Gasteiger partial charge in [0.15, 0.2) is 11.6 Å². The minimum atomic E-state index is -0.894. The number of hydrogen-bond donors (Lipinski definition) is 1. The van der Waals surface area contributed by atoms with E-state index >= 15 is 0 Å². The minimum absolute atomic E-state index is 0.00469. The van der Waals surface area contributed by atoms with Crippen molar-refractivity contribution in [2.24, 2.45) is 0 Å². The van der Waals surface area contributed by atoms with E-state index in [9.17, 15) is 8.78 Å². The van der Waals surface area contributed by atoms with Crippen molar-refractivity contribution in [3.05, 3.63) is 94.9 Å². The number of fused-ring (bicyclic) bond motifs is 1. The zero-order valence-corrected chi connectivity index (χ0v) is 18.6. The van der Waals surface area contributed by atoms with Crippen LogP contribution in [-0.2, 0) is 0 Å². The maximum atomic E-state index is 15.0. The number of nitriles is 2. The molecular formula is C26H13F2N5OS. The maximum absolute atomic E-state index is 15.0. The molecule has 0 unspecified atom stereocenters. The van der Waals surface area contributed by atoms with E-state index in [1.807, 2.05) is 12.1 Å². The van der Waals surface area contributed by atoms with Crippen molar-refractivity contribution in [2.45, 2.75) is 0 Å². The van der Waals surface area contributed by atoms with Crippen LogP contribution in [0.15, 0.2) is 72.1 Å². The van der Waals surface area contributed by atoms with E-state index in [0.717, 1.165) is 0 Å². The lowest BCUT2D eigenvalue weighted by atomic mass is 10.0. The smallest absolute Gasteiger partial charge is 0.242 e. The van der Waals surface area contributed by atoms with Crippen molar-refractivity contribution in [3.63, 3.8) is 0 Å². The summed E-state index contributed by atoms with van der Waals surface area (Å²) in [5, 5.41) is 22.7. The second kappa shape index (κ2) is 9.18. The zero-order valence-electron chi connectivity index (χ0n) is 17.8. The fourth-order valence-corrected chi connectivity index (χ4v) is 4.13. The highest BCUT2D eigenvalue weighted by Crippen LogP contribution is 2.36. The van der Waals surface area contributed by atoms with Crippen LogP contribution in [-0.4, -0.2) is 9.97 Å². The summed E-state index contributed by atoms with van der Waals surface area (Å²) in [7, 11) is 0. The Hall–Kier alpha value is -4.86. The monoisotopic (exact) mass is 481 g/mol. The van der Waals surface area contributed by atoms with Crippen LogP contribution in [0.25, 0.3) is 21.3 Å². The zero-order chi connectivity index (χ0) is 24.4. The number of nitrogens with zero attached hydrogens (tertiary/aromatic N) is 4. The second-order valence-corrected chi connectivity index (χ2v) is 8.28. The molecule has 6 nitrogen and oxygen atoms in total. The summed E-state index contributed by atoms with van der Waals surface area (Å²) in [6, 6.07) is 21.2. The number of thiophene rings is 1. The highest BCUT2D eigenvalue weighted by atomic mass is 32.1. The summed E-state index contributed by atoms with van der Waals surface area (Å²) >= 11 is 1.28. The largest absolute Gasteiger partial charge is 0.431 e. The minimum Gasteiger partial charge on any atom is -0.431 e. The Morgan fingerprint density at radius 2 is 1.43 bits per heavy atom. The number of hydrogen-bond acceptors (Lipinski definition) is 7. The Balaban J connectivity index is 1.48. The number of benzene rings is 3. The molecule has 0 saturated carbocycles. The first-order valence-electron chi connectivity index (χ1n) is 10.2. The molecule has 0 radical (unpaired) electrons. The van der Waals surface area contributed by atoms with Crippen molar-refractivity contribution in [1.29, 1.82) is 10.5 Å². The van der Waals surface area contributed by atoms with Crippen molar-refractivity contribution >= 4 is 33.2 Å².